The number of anilines is 1. The van der Waals surface area contributed by atoms with Crippen LogP contribution in [0.4, 0.5) is 5.69 Å². The number of guanidine groups is 1. The number of H-pyrrole nitrogens is 1. The minimum atomic E-state index is -0.277. The van der Waals surface area contributed by atoms with Gasteiger partial charge in [0.25, 0.3) is 5.91 Å². The second-order valence-electron chi connectivity index (χ2n) is 4.93. The summed E-state index contributed by atoms with van der Waals surface area (Å²) in [6.45, 7) is 0. The normalized spacial score (nSPS) is 11.0. The Hall–Kier alpha value is -2.50. The Kier molecular flexibility index (Phi) is 5.84. The van der Waals surface area contributed by atoms with Crippen molar-refractivity contribution >= 4 is 52.5 Å². The summed E-state index contributed by atoms with van der Waals surface area (Å²) in [5.74, 6) is 0.0965. The topological polar surface area (TPSA) is 69.3 Å². The van der Waals surface area contributed by atoms with Crippen molar-refractivity contribution in [2.24, 2.45) is 4.99 Å². The molecule has 0 unspecified atom stereocenters. The van der Waals surface area contributed by atoms with Crippen LogP contribution in [0.3, 0.4) is 0 Å². The highest BCUT2D eigenvalue weighted by Gasteiger charge is 2.12. The Balaban J connectivity index is 0.00000208. The lowest BCUT2D eigenvalue weighted by atomic mass is 10.2. The van der Waals surface area contributed by atoms with E-state index in [1.54, 1.807) is 25.2 Å². The molecule has 3 aromatic rings. The maximum absolute atomic E-state index is 12.4. The van der Waals surface area contributed by atoms with Crippen molar-refractivity contribution in [1.29, 1.82) is 0 Å². The number of carbonyl (C=O) groups excluding carboxylic acids is 1. The number of hydrogen-bond acceptors (Lipinski definition) is 2. The molecule has 0 atom stereocenters. The number of amides is 1. The third kappa shape index (κ3) is 4.07. The maximum Gasteiger partial charge on any atom is 0.274 e. The maximum atomic E-state index is 12.4. The Bertz CT molecular complexity index is 875. The van der Waals surface area contributed by atoms with Gasteiger partial charge in [-0.15, -0.1) is 12.4 Å². The zero-order valence-corrected chi connectivity index (χ0v) is 14.4. The number of nitrogens with zero attached hydrogens (tertiary/aromatic N) is 1. The molecule has 0 fully saturated rings. The van der Waals surface area contributed by atoms with Crippen LogP contribution in [0.5, 0.6) is 0 Å². The predicted octanol–water partition coefficient (Wildman–Crippen LogP) is 4.07. The van der Waals surface area contributed by atoms with Crippen LogP contribution in [0.2, 0.25) is 5.02 Å². The first-order chi connectivity index (χ1) is 11.2. The predicted molar refractivity (Wildman–Crippen MR) is 101 cm³/mol. The molecule has 7 heteroatoms. The molecule has 24 heavy (non-hydrogen) atoms. The van der Waals surface area contributed by atoms with Gasteiger partial charge < -0.3 is 10.3 Å². The summed E-state index contributed by atoms with van der Waals surface area (Å²) in [5.41, 5.74) is 2.14. The van der Waals surface area contributed by atoms with Crippen molar-refractivity contribution in [3.05, 3.63) is 65.3 Å². The van der Waals surface area contributed by atoms with Crippen molar-refractivity contribution in [3.8, 4) is 0 Å². The average molecular weight is 363 g/mol. The van der Waals surface area contributed by atoms with Crippen LogP contribution in [-0.2, 0) is 0 Å². The lowest BCUT2D eigenvalue weighted by Gasteiger charge is -2.09. The summed E-state index contributed by atoms with van der Waals surface area (Å²) in [7, 11) is 1.61. The number of carbonyl (C=O) groups is 1. The van der Waals surface area contributed by atoms with Gasteiger partial charge >= 0.3 is 0 Å². The third-order valence-electron chi connectivity index (χ3n) is 3.32. The van der Waals surface area contributed by atoms with Gasteiger partial charge in [-0.25, -0.2) is 0 Å². The van der Waals surface area contributed by atoms with Gasteiger partial charge in [0.1, 0.15) is 5.69 Å². The molecule has 2 aromatic carbocycles. The smallest absolute Gasteiger partial charge is 0.274 e. The van der Waals surface area contributed by atoms with Gasteiger partial charge in [-0.3, -0.25) is 15.1 Å². The molecule has 124 valence electrons. The van der Waals surface area contributed by atoms with Crippen molar-refractivity contribution in [2.75, 3.05) is 12.4 Å². The lowest BCUT2D eigenvalue weighted by molar-refractivity contribution is 0.0973. The van der Waals surface area contributed by atoms with E-state index in [-0.39, 0.29) is 18.3 Å². The zero-order valence-electron chi connectivity index (χ0n) is 12.8. The van der Waals surface area contributed by atoms with E-state index in [0.717, 1.165) is 16.6 Å². The number of benzene rings is 2. The van der Waals surface area contributed by atoms with Gasteiger partial charge in [0.05, 0.1) is 0 Å². The number of nitrogens with one attached hydrogen (secondary N) is 3. The number of para-hydroxylation sites is 1. The van der Waals surface area contributed by atoms with E-state index in [0.29, 0.717) is 16.7 Å². The van der Waals surface area contributed by atoms with Crippen LogP contribution in [0, 0.1) is 0 Å². The number of rotatable bonds is 2. The quantitative estimate of drug-likeness (QED) is 0.475. The first kappa shape index (κ1) is 17.8. The Morgan fingerprint density at radius 2 is 1.88 bits per heavy atom. The van der Waals surface area contributed by atoms with Gasteiger partial charge in [0, 0.05) is 28.7 Å². The molecule has 1 amide bonds. The fraction of sp³-hybridized carbons (Fsp3) is 0.0588. The molecule has 1 heterocycles. The molecule has 0 aliphatic heterocycles. The average Bonchev–Trinajstić information content (AvgIpc) is 2.98. The van der Waals surface area contributed by atoms with Crippen LogP contribution < -0.4 is 10.6 Å². The molecule has 0 saturated heterocycles. The van der Waals surface area contributed by atoms with E-state index in [2.05, 4.69) is 20.6 Å². The Morgan fingerprint density at radius 1 is 1.12 bits per heavy atom. The van der Waals surface area contributed by atoms with Crippen LogP contribution in [0.1, 0.15) is 10.5 Å². The van der Waals surface area contributed by atoms with E-state index in [9.17, 15) is 4.79 Å². The number of aromatic amines is 1. The van der Waals surface area contributed by atoms with E-state index >= 15 is 0 Å². The Morgan fingerprint density at radius 3 is 2.58 bits per heavy atom. The molecule has 0 aliphatic rings. The lowest BCUT2D eigenvalue weighted by Crippen LogP contribution is -2.36. The summed E-state index contributed by atoms with van der Waals surface area (Å²) in [4.78, 5) is 19.5. The monoisotopic (exact) mass is 362 g/mol. The molecule has 0 radical (unpaired) electrons. The van der Waals surface area contributed by atoms with Crippen molar-refractivity contribution < 1.29 is 4.79 Å². The van der Waals surface area contributed by atoms with E-state index in [1.165, 1.54) is 0 Å². The zero-order chi connectivity index (χ0) is 16.2. The third-order valence-corrected chi connectivity index (χ3v) is 3.55. The molecule has 0 spiro atoms. The van der Waals surface area contributed by atoms with Gasteiger partial charge in [-0.05, 0) is 36.4 Å². The minimum absolute atomic E-state index is 0. The largest absolute Gasteiger partial charge is 0.351 e. The van der Waals surface area contributed by atoms with Gasteiger partial charge in [0.2, 0.25) is 5.96 Å². The van der Waals surface area contributed by atoms with E-state index < -0.39 is 0 Å². The SMILES string of the molecule is CN=C(NC(=O)c1cc2cc(Cl)ccc2[nH]1)Nc1ccccc1.Cl. The van der Waals surface area contributed by atoms with Crippen LogP contribution in [0.15, 0.2) is 59.6 Å². The van der Waals surface area contributed by atoms with Gasteiger partial charge in [-0.2, -0.15) is 0 Å². The molecule has 0 saturated carbocycles. The van der Waals surface area contributed by atoms with Crippen LogP contribution in [-0.4, -0.2) is 23.9 Å². The number of halogens is 2. The fourth-order valence-corrected chi connectivity index (χ4v) is 2.38. The first-order valence-electron chi connectivity index (χ1n) is 7.04. The van der Waals surface area contributed by atoms with Gasteiger partial charge in [0.15, 0.2) is 0 Å². The molecule has 0 bridgehead atoms. The summed E-state index contributed by atoms with van der Waals surface area (Å²) in [6, 6.07) is 16.7. The number of hydrogen-bond donors (Lipinski definition) is 3. The second-order valence-corrected chi connectivity index (χ2v) is 5.37. The highest BCUT2D eigenvalue weighted by molar-refractivity contribution is 6.31. The molecular weight excluding hydrogens is 347 g/mol. The molecule has 3 rings (SSSR count). The molecular formula is C17H16Cl2N4O. The summed E-state index contributed by atoms with van der Waals surface area (Å²) < 4.78 is 0. The van der Waals surface area contributed by atoms with Crippen molar-refractivity contribution in [3.63, 3.8) is 0 Å². The molecule has 5 nitrogen and oxygen atoms in total. The van der Waals surface area contributed by atoms with Gasteiger partial charge in [-0.1, -0.05) is 29.8 Å². The van der Waals surface area contributed by atoms with E-state index in [1.807, 2.05) is 36.4 Å². The number of aromatic nitrogens is 1. The fourth-order valence-electron chi connectivity index (χ4n) is 2.20. The summed E-state index contributed by atoms with van der Waals surface area (Å²) >= 11 is 5.96. The van der Waals surface area contributed by atoms with Crippen LogP contribution in [0.25, 0.3) is 10.9 Å². The van der Waals surface area contributed by atoms with Crippen molar-refractivity contribution in [2.45, 2.75) is 0 Å². The van der Waals surface area contributed by atoms with E-state index in [4.69, 9.17) is 11.6 Å². The second kappa shape index (κ2) is 7.86. The minimum Gasteiger partial charge on any atom is -0.351 e. The standard InChI is InChI=1S/C17H15ClN4O.ClH/c1-19-17(20-13-5-3-2-4-6-13)22-16(23)15-10-11-9-12(18)7-8-14(11)21-15;/h2-10,21H,1H3,(H2,19,20,22,23);1H. The first-order valence-corrected chi connectivity index (χ1v) is 7.42. The summed E-state index contributed by atoms with van der Waals surface area (Å²) in [6.07, 6.45) is 0. The number of fused-ring (bicyclic) bond motifs is 1. The molecule has 1 aromatic heterocycles. The van der Waals surface area contributed by atoms with Crippen LogP contribution >= 0.6 is 24.0 Å². The Labute approximate surface area is 150 Å². The summed E-state index contributed by atoms with van der Waals surface area (Å²) in [5, 5.41) is 7.31. The molecule has 3 N–H and O–H groups in total. The highest BCUT2D eigenvalue weighted by atomic mass is 35.5. The molecule has 0 aliphatic carbocycles. The number of aliphatic imine (C=N–C) groups is 1. The van der Waals surface area contributed by atoms with Crippen molar-refractivity contribution in [1.82, 2.24) is 10.3 Å². The highest BCUT2D eigenvalue weighted by Crippen LogP contribution is 2.20.